The van der Waals surface area contributed by atoms with Gasteiger partial charge in [0.1, 0.15) is 0 Å². The van der Waals surface area contributed by atoms with Gasteiger partial charge in [0.15, 0.2) is 5.60 Å². The summed E-state index contributed by atoms with van der Waals surface area (Å²) in [6.45, 7) is 7.57. The Morgan fingerprint density at radius 1 is 1.38 bits per heavy atom. The number of hydrogen-bond donors (Lipinski definition) is 1. The highest BCUT2D eigenvalue weighted by Gasteiger charge is 2.75. The molecular weight excluding hydrogens is 274 g/mol. The molecule has 0 aromatic rings. The summed E-state index contributed by atoms with van der Waals surface area (Å²) < 4.78 is 10.8. The van der Waals surface area contributed by atoms with Crippen molar-refractivity contribution in [2.75, 3.05) is 19.8 Å². The molecule has 1 saturated carbocycles. The molecule has 2 heterocycles. The largest absolute Gasteiger partial charge is 0.448 e. The van der Waals surface area contributed by atoms with E-state index < -0.39 is 16.4 Å². The molecule has 2 aliphatic heterocycles. The third-order valence-electron chi connectivity index (χ3n) is 5.96. The standard InChI is InChI=1S/C15H23NO5/c1-13(2)14(3)5-6-15(13,21-12(14)18)11(17)16-20-9-10-4-7-19-8-10/h10H,4-9H2,1-3H3,(H,16,17)/t10?,14-,15+/m0/s1. The average Bonchev–Trinajstić information content (AvgIpc) is 3.04. The van der Waals surface area contributed by atoms with Crippen LogP contribution in [0.5, 0.6) is 0 Å². The molecule has 0 spiro atoms. The predicted molar refractivity (Wildman–Crippen MR) is 73.0 cm³/mol. The van der Waals surface area contributed by atoms with E-state index >= 15 is 0 Å². The molecule has 6 nitrogen and oxygen atoms in total. The molecule has 0 radical (unpaired) electrons. The van der Waals surface area contributed by atoms with Gasteiger partial charge in [-0.25, -0.2) is 5.48 Å². The second-order valence-electron chi connectivity index (χ2n) is 7.15. The van der Waals surface area contributed by atoms with Gasteiger partial charge in [-0.15, -0.1) is 0 Å². The Balaban J connectivity index is 1.65. The highest BCUT2D eigenvalue weighted by atomic mass is 16.7. The molecular formula is C15H23NO5. The number of nitrogens with one attached hydrogen (secondary N) is 1. The van der Waals surface area contributed by atoms with Crippen LogP contribution in [0.3, 0.4) is 0 Å². The lowest BCUT2D eigenvalue weighted by Gasteiger charge is -2.35. The van der Waals surface area contributed by atoms with Crippen LogP contribution in [0.25, 0.3) is 0 Å². The lowest BCUT2D eigenvalue weighted by molar-refractivity contribution is -0.175. The minimum absolute atomic E-state index is 0.280. The normalized spacial score (nSPS) is 40.3. The van der Waals surface area contributed by atoms with Crippen LogP contribution in [0.1, 0.15) is 40.0 Å². The zero-order valence-electron chi connectivity index (χ0n) is 12.9. The van der Waals surface area contributed by atoms with Gasteiger partial charge in [-0.1, -0.05) is 13.8 Å². The second-order valence-corrected chi connectivity index (χ2v) is 7.15. The van der Waals surface area contributed by atoms with E-state index in [4.69, 9.17) is 14.3 Å². The van der Waals surface area contributed by atoms with Crippen LogP contribution in [-0.4, -0.2) is 37.3 Å². The van der Waals surface area contributed by atoms with Gasteiger partial charge >= 0.3 is 5.97 Å². The summed E-state index contributed by atoms with van der Waals surface area (Å²) >= 11 is 0. The predicted octanol–water partition coefficient (Wildman–Crippen LogP) is 1.19. The van der Waals surface area contributed by atoms with Crippen LogP contribution in [-0.2, 0) is 23.9 Å². The second kappa shape index (κ2) is 4.68. The third kappa shape index (κ3) is 1.85. The molecule has 1 N–H and O–H groups in total. The highest BCUT2D eigenvalue weighted by molar-refractivity contribution is 5.95. The zero-order chi connectivity index (χ0) is 15.3. The molecule has 21 heavy (non-hydrogen) atoms. The van der Waals surface area contributed by atoms with Gasteiger partial charge in [0.25, 0.3) is 5.91 Å². The fourth-order valence-corrected chi connectivity index (χ4v) is 3.77. The van der Waals surface area contributed by atoms with E-state index in [0.29, 0.717) is 32.0 Å². The number of carbonyl (C=O) groups is 2. The molecule has 6 heteroatoms. The van der Waals surface area contributed by atoms with Crippen molar-refractivity contribution in [3.63, 3.8) is 0 Å². The van der Waals surface area contributed by atoms with Crippen molar-refractivity contribution >= 4 is 11.9 Å². The first-order chi connectivity index (χ1) is 9.83. The number of ether oxygens (including phenoxy) is 2. The molecule has 1 amide bonds. The summed E-state index contributed by atoms with van der Waals surface area (Å²) in [6, 6.07) is 0. The van der Waals surface area contributed by atoms with E-state index in [0.717, 1.165) is 13.0 Å². The van der Waals surface area contributed by atoms with Crippen LogP contribution < -0.4 is 5.48 Å². The van der Waals surface area contributed by atoms with Crippen molar-refractivity contribution < 1.29 is 23.9 Å². The number of carbonyl (C=O) groups excluding carboxylic acids is 2. The van der Waals surface area contributed by atoms with Crippen molar-refractivity contribution in [2.24, 2.45) is 16.7 Å². The molecule has 2 bridgehead atoms. The number of amides is 1. The number of fused-ring (bicyclic) bond motifs is 2. The fourth-order valence-electron chi connectivity index (χ4n) is 3.77. The van der Waals surface area contributed by atoms with E-state index in [-0.39, 0.29) is 11.9 Å². The number of esters is 1. The van der Waals surface area contributed by atoms with Crippen LogP contribution in [0.2, 0.25) is 0 Å². The quantitative estimate of drug-likeness (QED) is 0.623. The number of hydroxylamine groups is 1. The van der Waals surface area contributed by atoms with Gasteiger partial charge < -0.3 is 9.47 Å². The SMILES string of the molecule is CC1(C)[C@@]2(C)CC[C@]1(C(=O)NOCC1CCOC1)OC2=O. The maximum absolute atomic E-state index is 12.6. The molecule has 118 valence electrons. The maximum atomic E-state index is 12.6. The monoisotopic (exact) mass is 297 g/mol. The molecule has 1 aliphatic carbocycles. The Morgan fingerprint density at radius 2 is 2.14 bits per heavy atom. The minimum atomic E-state index is -1.11. The number of rotatable bonds is 4. The number of hydrogen-bond acceptors (Lipinski definition) is 5. The van der Waals surface area contributed by atoms with E-state index in [1.165, 1.54) is 0 Å². The summed E-state index contributed by atoms with van der Waals surface area (Å²) in [5, 5.41) is 0. The van der Waals surface area contributed by atoms with Crippen LogP contribution in [0, 0.1) is 16.7 Å². The first-order valence-electron chi connectivity index (χ1n) is 7.57. The van der Waals surface area contributed by atoms with Gasteiger partial charge in [-0.2, -0.15) is 0 Å². The Labute approximate surface area is 124 Å². The molecule has 3 atom stereocenters. The summed E-state index contributed by atoms with van der Waals surface area (Å²) in [5.74, 6) is -0.310. The minimum Gasteiger partial charge on any atom is -0.448 e. The average molecular weight is 297 g/mol. The Morgan fingerprint density at radius 3 is 2.67 bits per heavy atom. The topological polar surface area (TPSA) is 73.9 Å². The Kier molecular flexibility index (Phi) is 3.29. The first kappa shape index (κ1) is 14.8. The lowest BCUT2D eigenvalue weighted by atomic mass is 9.66. The van der Waals surface area contributed by atoms with Gasteiger partial charge in [-0.05, 0) is 26.2 Å². The van der Waals surface area contributed by atoms with Gasteiger partial charge in [0.2, 0.25) is 0 Å². The molecule has 3 fully saturated rings. The van der Waals surface area contributed by atoms with Crippen molar-refractivity contribution in [3.8, 4) is 0 Å². The van der Waals surface area contributed by atoms with Crippen LogP contribution in [0.4, 0.5) is 0 Å². The Hall–Kier alpha value is -1.14. The smallest absolute Gasteiger partial charge is 0.313 e. The summed E-state index contributed by atoms with van der Waals surface area (Å²) in [4.78, 5) is 30.0. The van der Waals surface area contributed by atoms with Gasteiger partial charge in [0.05, 0.1) is 18.6 Å². The molecule has 3 aliphatic rings. The highest BCUT2D eigenvalue weighted by Crippen LogP contribution is 2.65. The Bertz CT molecular complexity index is 471. The maximum Gasteiger partial charge on any atom is 0.313 e. The summed E-state index contributed by atoms with van der Waals surface area (Å²) in [7, 11) is 0. The van der Waals surface area contributed by atoms with Crippen molar-refractivity contribution in [1.82, 2.24) is 5.48 Å². The van der Waals surface area contributed by atoms with E-state index in [2.05, 4.69) is 5.48 Å². The third-order valence-corrected chi connectivity index (χ3v) is 5.96. The van der Waals surface area contributed by atoms with Gasteiger partial charge in [-0.3, -0.25) is 14.4 Å². The molecule has 0 aromatic heterocycles. The lowest BCUT2D eigenvalue weighted by Crippen LogP contribution is -2.53. The molecule has 0 aromatic carbocycles. The zero-order valence-corrected chi connectivity index (χ0v) is 12.9. The van der Waals surface area contributed by atoms with Crippen LogP contribution in [0.15, 0.2) is 0 Å². The van der Waals surface area contributed by atoms with Gasteiger partial charge in [0, 0.05) is 17.9 Å². The fraction of sp³-hybridized carbons (Fsp3) is 0.867. The van der Waals surface area contributed by atoms with E-state index in [1.54, 1.807) is 0 Å². The van der Waals surface area contributed by atoms with Crippen LogP contribution >= 0.6 is 0 Å². The van der Waals surface area contributed by atoms with E-state index in [1.807, 2.05) is 20.8 Å². The first-order valence-corrected chi connectivity index (χ1v) is 7.57. The van der Waals surface area contributed by atoms with E-state index in [9.17, 15) is 9.59 Å². The van der Waals surface area contributed by atoms with Crippen molar-refractivity contribution in [1.29, 1.82) is 0 Å². The molecule has 3 rings (SSSR count). The summed E-state index contributed by atoms with van der Waals surface area (Å²) in [6.07, 6.45) is 2.16. The van der Waals surface area contributed by atoms with Crippen molar-refractivity contribution in [2.45, 2.75) is 45.6 Å². The molecule has 1 unspecified atom stereocenters. The molecule has 2 saturated heterocycles. The van der Waals surface area contributed by atoms with Crippen molar-refractivity contribution in [3.05, 3.63) is 0 Å². The summed E-state index contributed by atoms with van der Waals surface area (Å²) in [5.41, 5.74) is 0.251.